The van der Waals surface area contributed by atoms with E-state index >= 15 is 0 Å². The average molecular weight is 249 g/mol. The molecule has 0 atom stereocenters. The van der Waals surface area contributed by atoms with Gasteiger partial charge in [0.2, 0.25) is 0 Å². The lowest BCUT2D eigenvalue weighted by molar-refractivity contribution is -0.166. The van der Waals surface area contributed by atoms with Crippen molar-refractivity contribution in [3.05, 3.63) is 54.2 Å². The zero-order valence-corrected chi connectivity index (χ0v) is 9.18. The summed E-state index contributed by atoms with van der Waals surface area (Å²) >= 11 is 0. The van der Waals surface area contributed by atoms with Crippen molar-refractivity contribution >= 4 is 5.97 Å². The number of carboxylic acid groups (broad SMARTS) is 1. The van der Waals surface area contributed by atoms with Crippen molar-refractivity contribution in [1.82, 2.24) is 4.98 Å². The molecule has 1 N–H and O–H groups in total. The fourth-order valence-electron chi connectivity index (χ4n) is 1.51. The number of carboxylic acids is 1. The van der Waals surface area contributed by atoms with Gasteiger partial charge in [0.05, 0.1) is 5.69 Å². The molecule has 5 heteroatoms. The van der Waals surface area contributed by atoms with Crippen LogP contribution in [-0.4, -0.2) is 16.1 Å². The fourth-order valence-corrected chi connectivity index (χ4v) is 1.51. The van der Waals surface area contributed by atoms with Crippen molar-refractivity contribution in [1.29, 1.82) is 0 Å². The summed E-state index contributed by atoms with van der Waals surface area (Å²) in [5.74, 6) is -6.03. The number of hydrogen-bond acceptors (Lipinski definition) is 2. The van der Waals surface area contributed by atoms with Crippen LogP contribution in [0.5, 0.6) is 0 Å². The smallest absolute Gasteiger partial charge is 0.379 e. The van der Waals surface area contributed by atoms with Crippen molar-refractivity contribution in [2.75, 3.05) is 0 Å². The molecule has 0 fully saturated rings. The lowest BCUT2D eigenvalue weighted by Crippen LogP contribution is -2.25. The summed E-state index contributed by atoms with van der Waals surface area (Å²) in [6, 6.07) is 10.3. The van der Waals surface area contributed by atoms with Gasteiger partial charge in [-0.3, -0.25) is 4.98 Å². The molecular weight excluding hydrogens is 240 g/mol. The summed E-state index contributed by atoms with van der Waals surface area (Å²) < 4.78 is 26.4. The van der Waals surface area contributed by atoms with Crippen molar-refractivity contribution < 1.29 is 18.7 Å². The average Bonchev–Trinajstić information content (AvgIpc) is 2.40. The van der Waals surface area contributed by atoms with Crippen molar-refractivity contribution in [3.63, 3.8) is 0 Å². The molecule has 3 nitrogen and oxygen atoms in total. The molecule has 0 radical (unpaired) electrons. The summed E-state index contributed by atoms with van der Waals surface area (Å²) in [6.45, 7) is 0. The Morgan fingerprint density at radius 2 is 1.78 bits per heavy atom. The largest absolute Gasteiger partial charge is 0.477 e. The Morgan fingerprint density at radius 3 is 2.28 bits per heavy atom. The van der Waals surface area contributed by atoms with Crippen LogP contribution in [0, 0.1) is 0 Å². The van der Waals surface area contributed by atoms with E-state index in [1.807, 2.05) is 0 Å². The summed E-state index contributed by atoms with van der Waals surface area (Å²) in [5.41, 5.74) is 0.748. The number of hydrogen-bond donors (Lipinski definition) is 1. The highest BCUT2D eigenvalue weighted by Gasteiger charge is 2.40. The number of alkyl halides is 2. The number of benzene rings is 1. The SMILES string of the molecule is O=C(O)C(F)(F)c1ccc(-c2ccccn2)cc1. The number of carbonyl (C=O) groups is 1. The first-order chi connectivity index (χ1) is 8.51. The highest BCUT2D eigenvalue weighted by molar-refractivity contribution is 5.77. The maximum absolute atomic E-state index is 13.2. The summed E-state index contributed by atoms with van der Waals surface area (Å²) in [6.07, 6.45) is 1.59. The number of aromatic nitrogens is 1. The molecule has 1 aromatic heterocycles. The van der Waals surface area contributed by atoms with E-state index in [1.54, 1.807) is 24.4 Å². The van der Waals surface area contributed by atoms with Gasteiger partial charge in [-0.15, -0.1) is 0 Å². The van der Waals surface area contributed by atoms with Crippen LogP contribution in [0.4, 0.5) is 8.78 Å². The van der Waals surface area contributed by atoms with Crippen molar-refractivity contribution in [3.8, 4) is 11.3 Å². The second kappa shape index (κ2) is 4.52. The van der Waals surface area contributed by atoms with Gasteiger partial charge < -0.3 is 5.11 Å². The van der Waals surface area contributed by atoms with Crippen LogP contribution in [0.25, 0.3) is 11.3 Å². The van der Waals surface area contributed by atoms with E-state index in [1.165, 1.54) is 12.1 Å². The first-order valence-corrected chi connectivity index (χ1v) is 5.15. The number of aliphatic carboxylic acids is 1. The molecule has 18 heavy (non-hydrogen) atoms. The number of pyridine rings is 1. The third kappa shape index (κ3) is 2.20. The van der Waals surface area contributed by atoms with Crippen LogP contribution in [0.3, 0.4) is 0 Å². The Hall–Kier alpha value is -2.30. The van der Waals surface area contributed by atoms with E-state index < -0.39 is 17.5 Å². The fraction of sp³-hybridized carbons (Fsp3) is 0.0769. The minimum Gasteiger partial charge on any atom is -0.477 e. The third-order valence-corrected chi connectivity index (χ3v) is 2.48. The highest BCUT2D eigenvalue weighted by atomic mass is 19.3. The zero-order valence-electron chi connectivity index (χ0n) is 9.18. The number of halogens is 2. The Labute approximate surface area is 102 Å². The summed E-state index contributed by atoms with van der Waals surface area (Å²) in [4.78, 5) is 14.5. The van der Waals surface area contributed by atoms with E-state index in [-0.39, 0.29) is 0 Å². The minimum absolute atomic E-state index is 0.547. The van der Waals surface area contributed by atoms with Gasteiger partial charge in [-0.05, 0) is 12.1 Å². The second-order valence-electron chi connectivity index (χ2n) is 3.67. The maximum atomic E-state index is 13.2. The molecule has 0 aliphatic carbocycles. The van der Waals surface area contributed by atoms with Crippen LogP contribution in [0.1, 0.15) is 5.56 Å². The molecular formula is C13H9F2NO2. The van der Waals surface area contributed by atoms with Crippen LogP contribution >= 0.6 is 0 Å². The monoisotopic (exact) mass is 249 g/mol. The molecule has 1 aromatic carbocycles. The Morgan fingerprint density at radius 1 is 1.11 bits per heavy atom. The molecule has 0 saturated carbocycles. The molecule has 92 valence electrons. The van der Waals surface area contributed by atoms with Crippen LogP contribution in [0.15, 0.2) is 48.7 Å². The standard InChI is InChI=1S/C13H9F2NO2/c14-13(15,12(17)18)10-6-4-9(5-7-10)11-3-1-2-8-16-11/h1-8H,(H,17,18). The van der Waals surface area contributed by atoms with E-state index in [2.05, 4.69) is 4.98 Å². The molecule has 1 heterocycles. The van der Waals surface area contributed by atoms with Crippen LogP contribution in [-0.2, 0) is 10.7 Å². The normalized spacial score (nSPS) is 11.2. The second-order valence-corrected chi connectivity index (χ2v) is 3.67. The third-order valence-electron chi connectivity index (χ3n) is 2.48. The van der Waals surface area contributed by atoms with E-state index in [0.717, 1.165) is 12.1 Å². The number of nitrogens with zero attached hydrogens (tertiary/aromatic N) is 1. The van der Waals surface area contributed by atoms with Crippen molar-refractivity contribution in [2.45, 2.75) is 5.92 Å². The number of rotatable bonds is 3. The van der Waals surface area contributed by atoms with Gasteiger partial charge in [-0.2, -0.15) is 8.78 Å². The molecule has 2 rings (SSSR count). The van der Waals surface area contributed by atoms with Gasteiger partial charge in [0.15, 0.2) is 0 Å². The van der Waals surface area contributed by atoms with Crippen LogP contribution < -0.4 is 0 Å². The first-order valence-electron chi connectivity index (χ1n) is 5.15. The summed E-state index contributed by atoms with van der Waals surface area (Å²) in [5, 5.41) is 8.42. The van der Waals surface area contributed by atoms with E-state index in [9.17, 15) is 13.6 Å². The van der Waals surface area contributed by atoms with Gasteiger partial charge >= 0.3 is 11.9 Å². The highest BCUT2D eigenvalue weighted by Crippen LogP contribution is 2.29. The summed E-state index contributed by atoms with van der Waals surface area (Å²) in [7, 11) is 0. The molecule has 0 aliphatic rings. The predicted octanol–water partition coefficient (Wildman–Crippen LogP) is 2.93. The van der Waals surface area contributed by atoms with Gasteiger partial charge in [-0.1, -0.05) is 30.3 Å². The molecule has 2 aromatic rings. The van der Waals surface area contributed by atoms with E-state index in [0.29, 0.717) is 11.3 Å². The molecule has 0 bridgehead atoms. The lowest BCUT2D eigenvalue weighted by atomic mass is 10.0. The lowest BCUT2D eigenvalue weighted by Gasteiger charge is -2.11. The van der Waals surface area contributed by atoms with Crippen LogP contribution in [0.2, 0.25) is 0 Å². The van der Waals surface area contributed by atoms with Gasteiger partial charge in [0, 0.05) is 17.3 Å². The van der Waals surface area contributed by atoms with Gasteiger partial charge in [-0.25, -0.2) is 4.79 Å². The Balaban J connectivity index is 2.35. The predicted molar refractivity (Wildman–Crippen MR) is 61.2 cm³/mol. The quantitative estimate of drug-likeness (QED) is 0.909. The topological polar surface area (TPSA) is 50.2 Å². The van der Waals surface area contributed by atoms with E-state index in [4.69, 9.17) is 5.11 Å². The van der Waals surface area contributed by atoms with Gasteiger partial charge in [0.25, 0.3) is 0 Å². The first kappa shape index (κ1) is 12.2. The minimum atomic E-state index is -3.87. The Bertz CT molecular complexity index is 553. The zero-order chi connectivity index (χ0) is 13.2. The van der Waals surface area contributed by atoms with Crippen molar-refractivity contribution in [2.24, 2.45) is 0 Å². The maximum Gasteiger partial charge on any atom is 0.379 e. The molecule has 0 spiro atoms. The van der Waals surface area contributed by atoms with Gasteiger partial charge in [0.1, 0.15) is 0 Å². The Kier molecular flexibility index (Phi) is 3.06. The molecule has 0 amide bonds. The molecule has 0 unspecified atom stereocenters. The molecule has 0 saturated heterocycles. The molecule has 0 aliphatic heterocycles.